The number of aliphatic carboxylic acids is 1. The van der Waals surface area contributed by atoms with Crippen molar-refractivity contribution in [1.82, 2.24) is 10.2 Å². The van der Waals surface area contributed by atoms with E-state index in [-0.39, 0.29) is 36.5 Å². The predicted octanol–water partition coefficient (Wildman–Crippen LogP) is 4.09. The van der Waals surface area contributed by atoms with E-state index in [1.807, 2.05) is 23.1 Å². The van der Waals surface area contributed by atoms with Gasteiger partial charge in [-0.3, -0.25) is 19.4 Å². The molecule has 3 aliphatic rings. The molecule has 1 aliphatic heterocycles. The van der Waals surface area contributed by atoms with Gasteiger partial charge < -0.3 is 15.3 Å². The molecule has 0 aromatic heterocycles. The zero-order valence-corrected chi connectivity index (χ0v) is 20.9. The van der Waals surface area contributed by atoms with E-state index in [4.69, 9.17) is 10.1 Å². The molecule has 2 aliphatic carbocycles. The van der Waals surface area contributed by atoms with E-state index >= 15 is 0 Å². The van der Waals surface area contributed by atoms with E-state index in [0.717, 1.165) is 24.8 Å². The Morgan fingerprint density at radius 3 is 2.64 bits per heavy atom. The lowest BCUT2D eigenvalue weighted by Crippen LogP contribution is -2.51. The molecule has 4 rings (SSSR count). The summed E-state index contributed by atoms with van der Waals surface area (Å²) in [4.78, 5) is 43.4. The van der Waals surface area contributed by atoms with E-state index in [1.54, 1.807) is 12.1 Å². The molecular formula is C28H34FN3O4. The van der Waals surface area contributed by atoms with Crippen molar-refractivity contribution in [3.05, 3.63) is 59.4 Å². The summed E-state index contributed by atoms with van der Waals surface area (Å²) < 4.78 is 13.9. The number of amides is 2. The second kappa shape index (κ2) is 10.8. The second-order valence-corrected chi connectivity index (χ2v) is 10.4. The maximum Gasteiger partial charge on any atom is 0.305 e. The number of allylic oxidation sites excluding steroid dienone is 2. The normalized spacial score (nSPS) is 27.7. The zero-order chi connectivity index (χ0) is 25.9. The quantitative estimate of drug-likeness (QED) is 0.567. The average molecular weight is 496 g/mol. The summed E-state index contributed by atoms with van der Waals surface area (Å²) in [6, 6.07) is 6.08. The van der Waals surface area contributed by atoms with Gasteiger partial charge in [-0.25, -0.2) is 4.39 Å². The number of aliphatic imine (C=N–C) groups is 1. The van der Waals surface area contributed by atoms with Crippen molar-refractivity contribution in [2.75, 3.05) is 13.1 Å². The number of halogens is 1. The van der Waals surface area contributed by atoms with Crippen molar-refractivity contribution >= 4 is 23.5 Å². The molecule has 0 bridgehead atoms. The molecule has 2 N–H and O–H groups in total. The molecule has 2 amide bonds. The van der Waals surface area contributed by atoms with E-state index < -0.39 is 11.6 Å². The summed E-state index contributed by atoms with van der Waals surface area (Å²) in [6.07, 6.45) is 9.49. The minimum absolute atomic E-state index is 0.105. The molecule has 192 valence electrons. The Labute approximate surface area is 211 Å². The lowest BCUT2D eigenvalue weighted by molar-refractivity contribution is -0.137. The highest BCUT2D eigenvalue weighted by molar-refractivity contribution is 6.46. The first-order valence-electron chi connectivity index (χ1n) is 12.7. The fraction of sp³-hybridized carbons (Fsp3) is 0.500. The first-order valence-corrected chi connectivity index (χ1v) is 12.7. The van der Waals surface area contributed by atoms with Crippen molar-refractivity contribution in [3.8, 4) is 0 Å². The fourth-order valence-corrected chi connectivity index (χ4v) is 5.84. The lowest BCUT2D eigenvalue weighted by atomic mass is 9.76. The first kappa shape index (κ1) is 25.8. The van der Waals surface area contributed by atoms with Gasteiger partial charge in [0.2, 0.25) is 5.91 Å². The molecule has 1 spiro atoms. The van der Waals surface area contributed by atoms with E-state index in [2.05, 4.69) is 19.2 Å². The van der Waals surface area contributed by atoms with Crippen molar-refractivity contribution in [2.24, 2.45) is 22.7 Å². The SMILES string of the molecule is CC1CC(C)CC2(C1)N=C(c1cccc(F)c1)C(=O)N2CCC1=CCC(C(=O)NCCC(=O)O)C=C1. The Balaban J connectivity index is 1.45. The Hall–Kier alpha value is -3.29. The molecule has 1 aromatic rings. The van der Waals surface area contributed by atoms with Gasteiger partial charge in [0, 0.05) is 18.7 Å². The number of rotatable bonds is 8. The molecule has 8 heteroatoms. The highest BCUT2D eigenvalue weighted by atomic mass is 19.1. The zero-order valence-electron chi connectivity index (χ0n) is 20.9. The molecule has 1 fully saturated rings. The third-order valence-corrected chi connectivity index (χ3v) is 7.30. The number of nitrogens with zero attached hydrogens (tertiary/aromatic N) is 2. The molecule has 3 atom stereocenters. The van der Waals surface area contributed by atoms with Gasteiger partial charge in [-0.1, -0.05) is 49.8 Å². The van der Waals surface area contributed by atoms with Gasteiger partial charge in [0.1, 0.15) is 17.2 Å². The van der Waals surface area contributed by atoms with Crippen LogP contribution in [0.2, 0.25) is 0 Å². The van der Waals surface area contributed by atoms with Crippen LogP contribution in [0.15, 0.2) is 53.1 Å². The Morgan fingerprint density at radius 1 is 1.25 bits per heavy atom. The molecule has 7 nitrogen and oxygen atoms in total. The number of hydrogen-bond acceptors (Lipinski definition) is 4. The number of hydrogen-bond donors (Lipinski definition) is 2. The summed E-state index contributed by atoms with van der Waals surface area (Å²) >= 11 is 0. The van der Waals surface area contributed by atoms with E-state index in [1.165, 1.54) is 12.1 Å². The molecule has 0 radical (unpaired) electrons. The van der Waals surface area contributed by atoms with Crippen LogP contribution in [-0.4, -0.2) is 52.3 Å². The van der Waals surface area contributed by atoms with Crippen LogP contribution in [0.1, 0.15) is 57.9 Å². The van der Waals surface area contributed by atoms with Gasteiger partial charge in [0.25, 0.3) is 5.91 Å². The molecule has 0 saturated heterocycles. The minimum atomic E-state index is -0.947. The third-order valence-electron chi connectivity index (χ3n) is 7.30. The summed E-state index contributed by atoms with van der Waals surface area (Å²) in [6.45, 7) is 5.00. The number of carbonyl (C=O) groups is 3. The van der Waals surface area contributed by atoms with Gasteiger partial charge in [-0.15, -0.1) is 0 Å². The number of nitrogens with one attached hydrogen (secondary N) is 1. The van der Waals surface area contributed by atoms with Crippen molar-refractivity contribution in [1.29, 1.82) is 0 Å². The van der Waals surface area contributed by atoms with Crippen molar-refractivity contribution in [2.45, 2.75) is 58.0 Å². The Bertz CT molecular complexity index is 1120. The highest BCUT2D eigenvalue weighted by Gasteiger charge is 2.50. The van der Waals surface area contributed by atoms with Gasteiger partial charge in [-0.05, 0) is 56.1 Å². The number of carboxylic acid groups (broad SMARTS) is 1. The summed E-state index contributed by atoms with van der Waals surface area (Å²) in [5.74, 6) is -1.15. The fourth-order valence-electron chi connectivity index (χ4n) is 5.84. The minimum Gasteiger partial charge on any atom is -0.481 e. The highest BCUT2D eigenvalue weighted by Crippen LogP contribution is 2.44. The summed E-state index contributed by atoms with van der Waals surface area (Å²) in [7, 11) is 0. The van der Waals surface area contributed by atoms with E-state index in [9.17, 15) is 18.8 Å². The number of carboxylic acids is 1. The maximum atomic E-state index is 13.9. The Kier molecular flexibility index (Phi) is 7.71. The second-order valence-electron chi connectivity index (χ2n) is 10.4. The van der Waals surface area contributed by atoms with Crippen molar-refractivity contribution < 1.29 is 23.9 Å². The third kappa shape index (κ3) is 5.74. The monoisotopic (exact) mass is 495 g/mol. The number of carbonyl (C=O) groups excluding carboxylic acids is 2. The maximum absolute atomic E-state index is 13.9. The van der Waals surface area contributed by atoms with Crippen LogP contribution in [-0.2, 0) is 14.4 Å². The van der Waals surface area contributed by atoms with E-state index in [0.29, 0.717) is 42.5 Å². The van der Waals surface area contributed by atoms with Crippen LogP contribution < -0.4 is 5.32 Å². The van der Waals surface area contributed by atoms with Crippen LogP contribution >= 0.6 is 0 Å². The standard InChI is InChI=1S/C28H34FN3O4/c1-18-14-19(2)17-28(16-18)31-25(22-4-3-5-23(29)15-22)27(36)32(28)13-11-20-6-8-21(9-7-20)26(35)30-12-10-24(33)34/h3-8,15,18-19,21H,9-14,16-17H2,1-2H3,(H,30,35)(H,33,34). The van der Waals surface area contributed by atoms with Crippen LogP contribution in [0.4, 0.5) is 4.39 Å². The van der Waals surface area contributed by atoms with Crippen molar-refractivity contribution in [3.63, 3.8) is 0 Å². The Morgan fingerprint density at radius 2 is 2.00 bits per heavy atom. The smallest absolute Gasteiger partial charge is 0.305 e. The summed E-state index contributed by atoms with van der Waals surface area (Å²) in [5, 5.41) is 11.4. The molecule has 1 aromatic carbocycles. The first-order chi connectivity index (χ1) is 17.2. The molecule has 3 unspecified atom stereocenters. The topological polar surface area (TPSA) is 99.1 Å². The van der Waals surface area contributed by atoms with Crippen LogP contribution in [0.5, 0.6) is 0 Å². The molecular weight excluding hydrogens is 461 g/mol. The van der Waals surface area contributed by atoms with Gasteiger partial charge in [0.05, 0.1) is 12.3 Å². The van der Waals surface area contributed by atoms with Crippen LogP contribution in [0.3, 0.4) is 0 Å². The van der Waals surface area contributed by atoms with Crippen LogP contribution in [0, 0.1) is 23.6 Å². The average Bonchev–Trinajstić information content (AvgIpc) is 3.07. The van der Waals surface area contributed by atoms with Gasteiger partial charge in [-0.2, -0.15) is 0 Å². The largest absolute Gasteiger partial charge is 0.481 e. The molecule has 1 saturated carbocycles. The van der Waals surface area contributed by atoms with Gasteiger partial charge >= 0.3 is 5.97 Å². The van der Waals surface area contributed by atoms with Crippen LogP contribution in [0.25, 0.3) is 0 Å². The van der Waals surface area contributed by atoms with Gasteiger partial charge in [0.15, 0.2) is 0 Å². The lowest BCUT2D eigenvalue weighted by Gasteiger charge is -2.44. The molecule has 36 heavy (non-hydrogen) atoms. The summed E-state index contributed by atoms with van der Waals surface area (Å²) in [5.41, 5.74) is 1.29. The predicted molar refractivity (Wildman–Crippen MR) is 135 cm³/mol. The molecule has 1 heterocycles. The number of benzene rings is 1.